The number of halogens is 1. The molecule has 0 aliphatic heterocycles. The Bertz CT molecular complexity index is 903. The van der Waals surface area contributed by atoms with E-state index in [2.05, 4.69) is 6.92 Å². The highest BCUT2D eigenvalue weighted by Crippen LogP contribution is 2.38. The SMILES string of the molecule is CCCCCCOc1cc(CSc2ccc(F)cc2)c(C(=O)O)c(O)c1CC=C(C)C. The van der Waals surface area contributed by atoms with E-state index in [1.807, 2.05) is 19.9 Å². The zero-order chi connectivity index (χ0) is 22.8. The third-order valence-corrected chi connectivity index (χ3v) is 5.90. The normalized spacial score (nSPS) is 10.7. The molecule has 0 bridgehead atoms. The molecular weight excluding hydrogens is 415 g/mol. The summed E-state index contributed by atoms with van der Waals surface area (Å²) in [5.41, 5.74) is 1.93. The van der Waals surface area contributed by atoms with E-state index in [1.165, 1.54) is 23.9 Å². The molecule has 0 aliphatic carbocycles. The van der Waals surface area contributed by atoms with Crippen molar-refractivity contribution in [3.63, 3.8) is 0 Å². The van der Waals surface area contributed by atoms with Crippen LogP contribution in [0.15, 0.2) is 46.9 Å². The second kappa shape index (κ2) is 12.4. The van der Waals surface area contributed by atoms with Crippen molar-refractivity contribution >= 4 is 17.7 Å². The number of carboxylic acid groups (broad SMARTS) is 1. The standard InChI is InChI=1S/C25H31FO4S/c1-4-5-6-7-14-30-22-15-18(16-31-20-11-9-19(26)10-12-20)23(25(28)29)24(27)21(22)13-8-17(2)3/h8-12,15,27H,4-7,13-14,16H2,1-3H3,(H,28,29). The minimum absolute atomic E-state index is 0.106. The minimum atomic E-state index is -1.18. The molecule has 0 saturated carbocycles. The van der Waals surface area contributed by atoms with Gasteiger partial charge in [-0.2, -0.15) is 0 Å². The molecule has 0 aromatic heterocycles. The van der Waals surface area contributed by atoms with E-state index in [4.69, 9.17) is 4.74 Å². The van der Waals surface area contributed by atoms with Crippen LogP contribution in [0, 0.1) is 5.82 Å². The molecule has 0 aliphatic rings. The molecule has 2 aromatic carbocycles. The van der Waals surface area contributed by atoms with Gasteiger partial charge in [0.25, 0.3) is 0 Å². The van der Waals surface area contributed by atoms with Crippen molar-refractivity contribution in [1.29, 1.82) is 0 Å². The lowest BCUT2D eigenvalue weighted by atomic mass is 9.99. The van der Waals surface area contributed by atoms with Gasteiger partial charge in [0.1, 0.15) is 22.9 Å². The average molecular weight is 447 g/mol. The van der Waals surface area contributed by atoms with E-state index < -0.39 is 5.97 Å². The van der Waals surface area contributed by atoms with Gasteiger partial charge in [-0.05, 0) is 62.6 Å². The highest BCUT2D eigenvalue weighted by atomic mass is 32.2. The second-order valence-corrected chi connectivity index (χ2v) is 8.73. The fraction of sp³-hybridized carbons (Fsp3) is 0.400. The molecule has 0 atom stereocenters. The number of aromatic hydroxyl groups is 1. The quantitative estimate of drug-likeness (QED) is 0.209. The van der Waals surface area contributed by atoms with Gasteiger partial charge in [0.2, 0.25) is 0 Å². The van der Waals surface area contributed by atoms with Crippen molar-refractivity contribution in [3.05, 3.63) is 64.5 Å². The summed E-state index contributed by atoms with van der Waals surface area (Å²) in [6, 6.07) is 7.76. The summed E-state index contributed by atoms with van der Waals surface area (Å²) < 4.78 is 19.2. The van der Waals surface area contributed by atoms with Crippen LogP contribution >= 0.6 is 11.8 Å². The Morgan fingerprint density at radius 3 is 2.48 bits per heavy atom. The number of thioether (sulfide) groups is 1. The molecule has 4 nitrogen and oxygen atoms in total. The number of allylic oxidation sites excluding steroid dienone is 2. The minimum Gasteiger partial charge on any atom is -0.507 e. The van der Waals surface area contributed by atoms with E-state index in [1.54, 1.807) is 18.2 Å². The van der Waals surface area contributed by atoms with Crippen molar-refractivity contribution < 1.29 is 24.1 Å². The summed E-state index contributed by atoms with van der Waals surface area (Å²) in [5.74, 6) is -0.914. The van der Waals surface area contributed by atoms with Crippen LogP contribution in [0.4, 0.5) is 4.39 Å². The summed E-state index contributed by atoms with van der Waals surface area (Å²) in [4.78, 5) is 12.8. The van der Waals surface area contributed by atoms with Gasteiger partial charge in [-0.25, -0.2) is 9.18 Å². The second-order valence-electron chi connectivity index (χ2n) is 7.68. The van der Waals surface area contributed by atoms with Crippen LogP contribution in [0.5, 0.6) is 11.5 Å². The first kappa shape index (κ1) is 24.8. The summed E-state index contributed by atoms with van der Waals surface area (Å²) in [6.07, 6.45) is 6.56. The molecule has 0 radical (unpaired) electrons. The van der Waals surface area contributed by atoms with Crippen LogP contribution in [-0.4, -0.2) is 22.8 Å². The van der Waals surface area contributed by atoms with Crippen molar-refractivity contribution in [2.24, 2.45) is 0 Å². The van der Waals surface area contributed by atoms with Crippen molar-refractivity contribution in [1.82, 2.24) is 0 Å². The van der Waals surface area contributed by atoms with Crippen molar-refractivity contribution in [2.45, 2.75) is 63.5 Å². The molecule has 2 aromatic rings. The van der Waals surface area contributed by atoms with Gasteiger partial charge in [-0.15, -0.1) is 11.8 Å². The Labute approximate surface area is 188 Å². The predicted molar refractivity (Wildman–Crippen MR) is 124 cm³/mol. The maximum atomic E-state index is 13.2. The van der Waals surface area contributed by atoms with Crippen LogP contribution in [-0.2, 0) is 12.2 Å². The number of carbonyl (C=O) groups is 1. The first-order valence-corrected chi connectivity index (χ1v) is 11.6. The smallest absolute Gasteiger partial charge is 0.339 e. The van der Waals surface area contributed by atoms with Gasteiger partial charge in [-0.1, -0.05) is 37.8 Å². The number of benzene rings is 2. The zero-order valence-electron chi connectivity index (χ0n) is 18.4. The molecule has 2 rings (SSSR count). The Balaban J connectivity index is 2.35. The largest absolute Gasteiger partial charge is 0.507 e. The fourth-order valence-electron chi connectivity index (χ4n) is 3.12. The van der Waals surface area contributed by atoms with Crippen LogP contribution < -0.4 is 4.74 Å². The van der Waals surface area contributed by atoms with Gasteiger partial charge in [0, 0.05) is 16.2 Å². The Morgan fingerprint density at radius 1 is 1.16 bits per heavy atom. The molecule has 6 heteroatoms. The van der Waals surface area contributed by atoms with Gasteiger partial charge in [0.15, 0.2) is 0 Å². The first-order chi connectivity index (χ1) is 14.8. The van der Waals surface area contributed by atoms with Gasteiger partial charge in [0.05, 0.1) is 6.61 Å². The van der Waals surface area contributed by atoms with E-state index in [0.717, 1.165) is 36.2 Å². The van der Waals surface area contributed by atoms with E-state index >= 15 is 0 Å². The lowest BCUT2D eigenvalue weighted by molar-refractivity contribution is 0.0692. The van der Waals surface area contributed by atoms with E-state index in [9.17, 15) is 19.4 Å². The highest BCUT2D eigenvalue weighted by Gasteiger charge is 2.23. The molecule has 31 heavy (non-hydrogen) atoms. The number of ether oxygens (including phenoxy) is 1. The highest BCUT2D eigenvalue weighted by molar-refractivity contribution is 7.98. The number of phenols is 1. The van der Waals surface area contributed by atoms with Gasteiger partial charge >= 0.3 is 5.97 Å². The van der Waals surface area contributed by atoms with Gasteiger partial charge < -0.3 is 14.9 Å². The lowest BCUT2D eigenvalue weighted by Gasteiger charge is -2.17. The topological polar surface area (TPSA) is 66.8 Å². The maximum Gasteiger partial charge on any atom is 0.339 e. The predicted octanol–water partition coefficient (Wildman–Crippen LogP) is 6.99. The number of rotatable bonds is 12. The molecule has 0 amide bonds. The number of carboxylic acids is 1. The monoisotopic (exact) mass is 446 g/mol. The summed E-state index contributed by atoms with van der Waals surface area (Å²) in [7, 11) is 0. The van der Waals surface area contributed by atoms with Crippen molar-refractivity contribution in [3.8, 4) is 11.5 Å². The van der Waals surface area contributed by atoms with Gasteiger partial charge in [-0.3, -0.25) is 0 Å². The maximum absolute atomic E-state index is 13.2. The van der Waals surface area contributed by atoms with Crippen LogP contribution in [0.2, 0.25) is 0 Å². The number of hydrogen-bond acceptors (Lipinski definition) is 4. The van der Waals surface area contributed by atoms with Crippen LogP contribution in [0.25, 0.3) is 0 Å². The molecule has 168 valence electrons. The molecular formula is C25H31FO4S. The molecule has 0 unspecified atom stereocenters. The zero-order valence-corrected chi connectivity index (χ0v) is 19.2. The van der Waals surface area contributed by atoms with Crippen molar-refractivity contribution in [2.75, 3.05) is 6.61 Å². The number of aromatic carboxylic acids is 1. The summed E-state index contributed by atoms with van der Waals surface area (Å²) in [6.45, 7) is 6.56. The Hall–Kier alpha value is -2.47. The van der Waals surface area contributed by atoms with Crippen LogP contribution in [0.3, 0.4) is 0 Å². The third kappa shape index (κ3) is 7.62. The Morgan fingerprint density at radius 2 is 1.87 bits per heavy atom. The third-order valence-electron chi connectivity index (χ3n) is 4.84. The number of unbranched alkanes of at least 4 members (excludes halogenated alkanes) is 3. The first-order valence-electron chi connectivity index (χ1n) is 10.6. The molecule has 2 N–H and O–H groups in total. The van der Waals surface area contributed by atoms with E-state index in [0.29, 0.717) is 35.7 Å². The Kier molecular flexibility index (Phi) is 9.92. The van der Waals surface area contributed by atoms with Crippen LogP contribution in [0.1, 0.15) is 67.9 Å². The fourth-order valence-corrected chi connectivity index (χ4v) is 4.00. The molecule has 0 fully saturated rings. The molecule has 0 saturated heterocycles. The molecule has 0 spiro atoms. The average Bonchev–Trinajstić information content (AvgIpc) is 2.72. The number of hydrogen-bond donors (Lipinski definition) is 2. The lowest BCUT2D eigenvalue weighted by Crippen LogP contribution is -2.08. The van der Waals surface area contributed by atoms with E-state index in [-0.39, 0.29) is 17.1 Å². The molecule has 0 heterocycles. The summed E-state index contributed by atoms with van der Waals surface area (Å²) >= 11 is 1.38. The summed E-state index contributed by atoms with van der Waals surface area (Å²) in [5, 5.41) is 20.6.